The van der Waals surface area contributed by atoms with Crippen molar-refractivity contribution >= 4 is 22.6 Å². The summed E-state index contributed by atoms with van der Waals surface area (Å²) in [6.45, 7) is 6.61. The lowest BCUT2D eigenvalue weighted by atomic mass is 10.1. The van der Waals surface area contributed by atoms with E-state index in [9.17, 15) is 0 Å². The Bertz CT molecular complexity index is 395. The van der Waals surface area contributed by atoms with E-state index < -0.39 is 0 Å². The molecule has 0 saturated carbocycles. The molecule has 0 aliphatic carbocycles. The molecule has 0 bridgehead atoms. The molecule has 0 spiro atoms. The van der Waals surface area contributed by atoms with Gasteiger partial charge in [-0.2, -0.15) is 0 Å². The van der Waals surface area contributed by atoms with E-state index in [0.717, 1.165) is 22.5 Å². The number of aryl methyl sites for hydroxylation is 1. The molecule has 0 aromatic heterocycles. The van der Waals surface area contributed by atoms with Crippen molar-refractivity contribution in [2.75, 3.05) is 11.1 Å². The van der Waals surface area contributed by atoms with Crippen LogP contribution in [0, 0.1) is 12.8 Å². The van der Waals surface area contributed by atoms with E-state index in [4.69, 9.17) is 4.99 Å². The van der Waals surface area contributed by atoms with Crippen LogP contribution in [-0.4, -0.2) is 17.0 Å². The highest BCUT2D eigenvalue weighted by atomic mass is 32.2. The Kier molecular flexibility index (Phi) is 4.11. The fourth-order valence-electron chi connectivity index (χ4n) is 1.91. The Morgan fingerprint density at radius 3 is 2.71 bits per heavy atom. The van der Waals surface area contributed by atoms with Gasteiger partial charge in [0.2, 0.25) is 0 Å². The Balaban J connectivity index is 1.94. The van der Waals surface area contributed by atoms with E-state index in [0.29, 0.717) is 6.04 Å². The van der Waals surface area contributed by atoms with Gasteiger partial charge >= 0.3 is 0 Å². The van der Waals surface area contributed by atoms with E-state index in [1.165, 1.54) is 12.0 Å². The molecule has 92 valence electrons. The molecular weight excluding hydrogens is 228 g/mol. The molecule has 0 saturated heterocycles. The minimum atomic E-state index is 0.493. The molecule has 1 N–H and O–H groups in total. The van der Waals surface area contributed by atoms with Crippen LogP contribution in [0.1, 0.15) is 25.8 Å². The SMILES string of the molecule is Cc1ccc(NC2=NC(CC(C)C)CS2)cc1. The summed E-state index contributed by atoms with van der Waals surface area (Å²) in [6.07, 6.45) is 1.19. The summed E-state index contributed by atoms with van der Waals surface area (Å²) in [5.74, 6) is 1.84. The summed E-state index contributed by atoms with van der Waals surface area (Å²) in [6, 6.07) is 8.94. The Morgan fingerprint density at radius 1 is 1.35 bits per heavy atom. The van der Waals surface area contributed by atoms with Gasteiger partial charge in [0, 0.05) is 11.4 Å². The molecule has 1 aliphatic heterocycles. The molecule has 1 aromatic rings. The lowest BCUT2D eigenvalue weighted by molar-refractivity contribution is 0.529. The number of hydrogen-bond acceptors (Lipinski definition) is 3. The van der Waals surface area contributed by atoms with Crippen molar-refractivity contribution < 1.29 is 0 Å². The zero-order valence-corrected chi connectivity index (χ0v) is 11.6. The van der Waals surface area contributed by atoms with Gasteiger partial charge in [-0.25, -0.2) is 0 Å². The monoisotopic (exact) mass is 248 g/mol. The first-order chi connectivity index (χ1) is 8.13. The minimum absolute atomic E-state index is 0.493. The zero-order chi connectivity index (χ0) is 12.3. The van der Waals surface area contributed by atoms with Crippen LogP contribution in [-0.2, 0) is 0 Å². The highest BCUT2D eigenvalue weighted by molar-refractivity contribution is 8.14. The number of aliphatic imine (C=N–C) groups is 1. The molecule has 1 aliphatic rings. The molecule has 2 nitrogen and oxygen atoms in total. The average Bonchev–Trinajstić information content (AvgIpc) is 2.68. The summed E-state index contributed by atoms with van der Waals surface area (Å²) < 4.78 is 0. The van der Waals surface area contributed by atoms with Crippen molar-refractivity contribution in [3.63, 3.8) is 0 Å². The van der Waals surface area contributed by atoms with Crippen molar-refractivity contribution in [3.05, 3.63) is 29.8 Å². The molecule has 17 heavy (non-hydrogen) atoms. The summed E-state index contributed by atoms with van der Waals surface area (Å²) in [4.78, 5) is 4.71. The standard InChI is InChI=1S/C14H20N2S/c1-10(2)8-13-9-17-14(16-13)15-12-6-4-11(3)5-7-12/h4-7,10,13H,8-9H2,1-3H3,(H,15,16). The van der Waals surface area contributed by atoms with Crippen molar-refractivity contribution in [1.82, 2.24) is 0 Å². The molecule has 1 unspecified atom stereocenters. The summed E-state index contributed by atoms with van der Waals surface area (Å²) in [5, 5.41) is 4.45. The topological polar surface area (TPSA) is 24.4 Å². The summed E-state index contributed by atoms with van der Waals surface area (Å²) in [7, 11) is 0. The first kappa shape index (κ1) is 12.5. The van der Waals surface area contributed by atoms with Crippen molar-refractivity contribution in [2.45, 2.75) is 33.2 Å². The van der Waals surface area contributed by atoms with E-state index >= 15 is 0 Å². The fraction of sp³-hybridized carbons (Fsp3) is 0.500. The van der Waals surface area contributed by atoms with E-state index in [-0.39, 0.29) is 0 Å². The first-order valence-corrected chi connectivity index (χ1v) is 7.16. The molecule has 2 rings (SSSR count). The quantitative estimate of drug-likeness (QED) is 0.876. The number of thioether (sulfide) groups is 1. The third-order valence-corrected chi connectivity index (χ3v) is 3.79. The van der Waals surface area contributed by atoms with Gasteiger partial charge in [0.25, 0.3) is 0 Å². The first-order valence-electron chi connectivity index (χ1n) is 6.18. The van der Waals surface area contributed by atoms with Crippen LogP contribution in [0.15, 0.2) is 29.3 Å². The van der Waals surface area contributed by atoms with Gasteiger partial charge in [-0.15, -0.1) is 0 Å². The van der Waals surface area contributed by atoms with E-state index in [2.05, 4.69) is 50.4 Å². The second-order valence-electron chi connectivity index (χ2n) is 5.02. The van der Waals surface area contributed by atoms with Gasteiger partial charge in [0.1, 0.15) is 0 Å². The van der Waals surface area contributed by atoms with Crippen LogP contribution < -0.4 is 5.32 Å². The van der Waals surface area contributed by atoms with Crippen LogP contribution in [0.5, 0.6) is 0 Å². The highest BCUT2D eigenvalue weighted by Crippen LogP contribution is 2.24. The second kappa shape index (κ2) is 5.58. The van der Waals surface area contributed by atoms with Gasteiger partial charge in [-0.3, -0.25) is 4.99 Å². The Labute approximate surface area is 108 Å². The van der Waals surface area contributed by atoms with Crippen molar-refractivity contribution in [3.8, 4) is 0 Å². The predicted octanol–water partition coefficient (Wildman–Crippen LogP) is 3.92. The van der Waals surface area contributed by atoms with E-state index in [1.807, 2.05) is 11.8 Å². The fourth-order valence-corrected chi connectivity index (χ4v) is 2.88. The van der Waals surface area contributed by atoms with Gasteiger partial charge in [-0.1, -0.05) is 43.3 Å². The van der Waals surface area contributed by atoms with Crippen LogP contribution >= 0.6 is 11.8 Å². The highest BCUT2D eigenvalue weighted by Gasteiger charge is 2.19. The van der Waals surface area contributed by atoms with Crippen molar-refractivity contribution in [1.29, 1.82) is 0 Å². The van der Waals surface area contributed by atoms with Crippen LogP contribution in [0.2, 0.25) is 0 Å². The maximum absolute atomic E-state index is 4.71. The Hall–Kier alpha value is -0.960. The number of amidine groups is 1. The number of anilines is 1. The largest absolute Gasteiger partial charge is 0.335 e. The van der Waals surface area contributed by atoms with Gasteiger partial charge in [0.15, 0.2) is 5.17 Å². The van der Waals surface area contributed by atoms with Gasteiger partial charge in [0.05, 0.1) is 6.04 Å². The summed E-state index contributed by atoms with van der Waals surface area (Å²) >= 11 is 1.83. The van der Waals surface area contributed by atoms with Crippen molar-refractivity contribution in [2.24, 2.45) is 10.9 Å². The number of hydrogen-bond donors (Lipinski definition) is 1. The number of nitrogens with zero attached hydrogens (tertiary/aromatic N) is 1. The van der Waals surface area contributed by atoms with Gasteiger partial charge < -0.3 is 5.32 Å². The molecule has 1 aromatic carbocycles. The minimum Gasteiger partial charge on any atom is -0.335 e. The zero-order valence-electron chi connectivity index (χ0n) is 10.7. The maximum Gasteiger partial charge on any atom is 0.161 e. The molecule has 0 fully saturated rings. The lowest BCUT2D eigenvalue weighted by Crippen LogP contribution is -2.08. The lowest BCUT2D eigenvalue weighted by Gasteiger charge is -2.07. The molecule has 1 atom stereocenters. The molecule has 3 heteroatoms. The molecule has 0 amide bonds. The molecule has 0 radical (unpaired) electrons. The number of nitrogens with one attached hydrogen (secondary N) is 1. The predicted molar refractivity (Wildman–Crippen MR) is 77.9 cm³/mol. The average molecular weight is 248 g/mol. The van der Waals surface area contributed by atoms with Gasteiger partial charge in [-0.05, 0) is 31.4 Å². The third-order valence-electron chi connectivity index (χ3n) is 2.76. The molecule has 1 heterocycles. The Morgan fingerprint density at radius 2 is 2.06 bits per heavy atom. The molecular formula is C14H20N2S. The smallest absolute Gasteiger partial charge is 0.161 e. The van der Waals surface area contributed by atoms with Crippen LogP contribution in [0.3, 0.4) is 0 Å². The number of rotatable bonds is 3. The van der Waals surface area contributed by atoms with Crippen LogP contribution in [0.4, 0.5) is 5.69 Å². The summed E-state index contributed by atoms with van der Waals surface area (Å²) in [5.41, 5.74) is 2.42. The van der Waals surface area contributed by atoms with E-state index in [1.54, 1.807) is 0 Å². The second-order valence-corrected chi connectivity index (χ2v) is 6.03. The third kappa shape index (κ3) is 3.77. The number of benzene rings is 1. The maximum atomic E-state index is 4.71. The normalized spacial score (nSPS) is 19.5. The van der Waals surface area contributed by atoms with Crippen LogP contribution in [0.25, 0.3) is 0 Å².